The molecule has 0 aromatic heterocycles. The van der Waals surface area contributed by atoms with Gasteiger partial charge in [-0.1, -0.05) is 36.4 Å². The maximum absolute atomic E-state index is 5.20. The van der Waals surface area contributed by atoms with Gasteiger partial charge in [-0.3, -0.25) is 0 Å². The van der Waals surface area contributed by atoms with E-state index in [2.05, 4.69) is 47.8 Å². The minimum atomic E-state index is 0.521. The zero-order valence-electron chi connectivity index (χ0n) is 12.2. The molecule has 1 aliphatic carbocycles. The lowest BCUT2D eigenvalue weighted by atomic mass is 10.0. The summed E-state index contributed by atoms with van der Waals surface area (Å²) in [5, 5.41) is 6.26. The van der Waals surface area contributed by atoms with E-state index in [0.29, 0.717) is 5.41 Å². The largest absolute Gasteiger partial charge is 0.385 e. The van der Waals surface area contributed by atoms with Gasteiger partial charge < -0.3 is 10.1 Å². The van der Waals surface area contributed by atoms with Crippen molar-refractivity contribution in [1.29, 1.82) is 0 Å². The van der Waals surface area contributed by atoms with E-state index >= 15 is 0 Å². The molecule has 0 saturated heterocycles. The van der Waals surface area contributed by atoms with Crippen molar-refractivity contribution in [3.05, 3.63) is 48.0 Å². The van der Waals surface area contributed by atoms with Crippen LogP contribution < -0.4 is 5.32 Å². The second-order valence-corrected chi connectivity index (χ2v) is 6.03. The van der Waals surface area contributed by atoms with Gasteiger partial charge in [-0.15, -0.1) is 0 Å². The highest BCUT2D eigenvalue weighted by Crippen LogP contribution is 2.48. The molecule has 1 aliphatic rings. The normalized spacial score (nSPS) is 16.4. The van der Waals surface area contributed by atoms with E-state index in [1.165, 1.54) is 35.6 Å². The number of nitrogens with one attached hydrogen (secondary N) is 1. The summed E-state index contributed by atoms with van der Waals surface area (Å²) in [6, 6.07) is 15.3. The Bertz CT molecular complexity index is 574. The molecule has 1 N–H and O–H groups in total. The van der Waals surface area contributed by atoms with Crippen LogP contribution in [-0.2, 0) is 11.3 Å². The summed E-state index contributed by atoms with van der Waals surface area (Å²) in [6.07, 6.45) is 3.89. The lowest BCUT2D eigenvalue weighted by Gasteiger charge is -2.15. The highest BCUT2D eigenvalue weighted by Gasteiger charge is 2.41. The van der Waals surface area contributed by atoms with Gasteiger partial charge in [-0.2, -0.15) is 0 Å². The Morgan fingerprint density at radius 1 is 1.10 bits per heavy atom. The van der Waals surface area contributed by atoms with E-state index in [1.807, 2.05) is 0 Å². The van der Waals surface area contributed by atoms with Crippen LogP contribution in [0.2, 0.25) is 0 Å². The predicted molar refractivity (Wildman–Crippen MR) is 83.8 cm³/mol. The molecule has 0 aliphatic heterocycles. The van der Waals surface area contributed by atoms with Gasteiger partial charge in [0.15, 0.2) is 0 Å². The predicted octanol–water partition coefficient (Wildman–Crippen LogP) is 3.75. The summed E-state index contributed by atoms with van der Waals surface area (Å²) in [4.78, 5) is 0. The highest BCUT2D eigenvalue weighted by atomic mass is 16.5. The van der Waals surface area contributed by atoms with Crippen molar-refractivity contribution in [2.24, 2.45) is 5.41 Å². The smallest absolute Gasteiger partial charge is 0.0468 e. The topological polar surface area (TPSA) is 21.3 Å². The second kappa shape index (κ2) is 5.94. The average Bonchev–Trinajstić information content (AvgIpc) is 3.25. The quantitative estimate of drug-likeness (QED) is 0.826. The Kier molecular flexibility index (Phi) is 4.04. The minimum Gasteiger partial charge on any atom is -0.385 e. The summed E-state index contributed by atoms with van der Waals surface area (Å²) in [6.45, 7) is 2.96. The average molecular weight is 269 g/mol. The molecule has 1 fully saturated rings. The third-order valence-electron chi connectivity index (χ3n) is 4.44. The van der Waals surface area contributed by atoms with Crippen LogP contribution in [0.5, 0.6) is 0 Å². The number of fused-ring (bicyclic) bond motifs is 1. The molecule has 0 unspecified atom stereocenters. The Hall–Kier alpha value is -1.38. The first-order valence-corrected chi connectivity index (χ1v) is 7.49. The molecular formula is C18H23NO. The van der Waals surface area contributed by atoms with Crippen molar-refractivity contribution in [2.75, 3.05) is 20.3 Å². The Morgan fingerprint density at radius 3 is 2.65 bits per heavy atom. The van der Waals surface area contributed by atoms with Crippen molar-refractivity contribution in [1.82, 2.24) is 5.32 Å². The molecule has 1 saturated carbocycles. The van der Waals surface area contributed by atoms with Gasteiger partial charge in [-0.25, -0.2) is 0 Å². The molecule has 106 valence electrons. The first-order chi connectivity index (χ1) is 9.81. The van der Waals surface area contributed by atoms with Crippen LogP contribution in [0.4, 0.5) is 0 Å². The minimum absolute atomic E-state index is 0.521. The van der Waals surface area contributed by atoms with Crippen LogP contribution in [0.1, 0.15) is 24.8 Å². The summed E-state index contributed by atoms with van der Waals surface area (Å²) in [5.41, 5.74) is 1.89. The van der Waals surface area contributed by atoms with Crippen LogP contribution in [0.15, 0.2) is 42.5 Å². The summed E-state index contributed by atoms with van der Waals surface area (Å²) >= 11 is 0. The summed E-state index contributed by atoms with van der Waals surface area (Å²) in [7, 11) is 1.79. The van der Waals surface area contributed by atoms with Crippen molar-refractivity contribution in [3.63, 3.8) is 0 Å². The van der Waals surface area contributed by atoms with Gasteiger partial charge in [0.05, 0.1) is 0 Å². The standard InChI is InChI=1S/C18H23NO/c1-20-11-10-18(8-9-18)14-19-13-15-6-7-16-4-2-3-5-17(16)12-15/h2-7,12,19H,8-11,13-14H2,1H3. The van der Waals surface area contributed by atoms with E-state index in [1.54, 1.807) is 7.11 Å². The van der Waals surface area contributed by atoms with E-state index in [4.69, 9.17) is 4.74 Å². The molecular weight excluding hydrogens is 246 g/mol. The molecule has 20 heavy (non-hydrogen) atoms. The molecule has 2 heteroatoms. The SMILES string of the molecule is COCCC1(CNCc2ccc3ccccc3c2)CC1. The van der Waals surface area contributed by atoms with Gasteiger partial charge >= 0.3 is 0 Å². The molecule has 0 spiro atoms. The third kappa shape index (κ3) is 3.20. The molecule has 3 rings (SSSR count). The van der Waals surface area contributed by atoms with Crippen LogP contribution in [0.3, 0.4) is 0 Å². The lowest BCUT2D eigenvalue weighted by Crippen LogP contribution is -2.24. The molecule has 2 aromatic carbocycles. The number of hydrogen-bond acceptors (Lipinski definition) is 2. The van der Waals surface area contributed by atoms with Gasteiger partial charge in [0.25, 0.3) is 0 Å². The van der Waals surface area contributed by atoms with Crippen LogP contribution in [0, 0.1) is 5.41 Å². The number of rotatable bonds is 7. The Labute approximate surface area is 121 Å². The van der Waals surface area contributed by atoms with Crippen LogP contribution >= 0.6 is 0 Å². The maximum Gasteiger partial charge on any atom is 0.0468 e. The molecule has 0 atom stereocenters. The first-order valence-electron chi connectivity index (χ1n) is 7.49. The number of hydrogen-bond donors (Lipinski definition) is 1. The molecule has 2 nitrogen and oxygen atoms in total. The summed E-state index contributed by atoms with van der Waals surface area (Å²) in [5.74, 6) is 0. The van der Waals surface area contributed by atoms with E-state index in [9.17, 15) is 0 Å². The first kappa shape index (κ1) is 13.6. The molecule has 2 aromatic rings. The fourth-order valence-corrected chi connectivity index (χ4v) is 2.83. The molecule has 0 heterocycles. The fraction of sp³-hybridized carbons (Fsp3) is 0.444. The Morgan fingerprint density at radius 2 is 1.90 bits per heavy atom. The van der Waals surface area contributed by atoms with Crippen LogP contribution in [-0.4, -0.2) is 20.3 Å². The van der Waals surface area contributed by atoms with E-state index in [-0.39, 0.29) is 0 Å². The van der Waals surface area contributed by atoms with Gasteiger partial charge in [0.2, 0.25) is 0 Å². The monoisotopic (exact) mass is 269 g/mol. The summed E-state index contributed by atoms with van der Waals surface area (Å²) < 4.78 is 5.20. The van der Waals surface area contributed by atoms with Gasteiger partial charge in [0, 0.05) is 26.8 Å². The van der Waals surface area contributed by atoms with Crippen molar-refractivity contribution >= 4 is 10.8 Å². The van der Waals surface area contributed by atoms with Crippen LogP contribution in [0.25, 0.3) is 10.8 Å². The van der Waals surface area contributed by atoms with E-state index in [0.717, 1.165) is 19.7 Å². The third-order valence-corrected chi connectivity index (χ3v) is 4.44. The van der Waals surface area contributed by atoms with Crippen molar-refractivity contribution < 1.29 is 4.74 Å². The maximum atomic E-state index is 5.20. The van der Waals surface area contributed by atoms with Crippen molar-refractivity contribution in [2.45, 2.75) is 25.8 Å². The number of methoxy groups -OCH3 is 1. The van der Waals surface area contributed by atoms with E-state index < -0.39 is 0 Å². The molecule has 0 radical (unpaired) electrons. The lowest BCUT2D eigenvalue weighted by molar-refractivity contribution is 0.171. The fourth-order valence-electron chi connectivity index (χ4n) is 2.83. The Balaban J connectivity index is 1.55. The zero-order chi connectivity index (χ0) is 13.8. The molecule has 0 amide bonds. The van der Waals surface area contributed by atoms with Gasteiger partial charge in [-0.05, 0) is 47.1 Å². The van der Waals surface area contributed by atoms with Gasteiger partial charge in [0.1, 0.15) is 0 Å². The molecule has 0 bridgehead atoms. The highest BCUT2D eigenvalue weighted by molar-refractivity contribution is 5.82. The zero-order valence-corrected chi connectivity index (χ0v) is 12.2. The second-order valence-electron chi connectivity index (χ2n) is 6.03. The number of ether oxygens (including phenoxy) is 1. The number of benzene rings is 2. The van der Waals surface area contributed by atoms with Crippen molar-refractivity contribution in [3.8, 4) is 0 Å².